The number of morpholine rings is 1. The monoisotopic (exact) mass is 359 g/mol. The Morgan fingerprint density at radius 3 is 2.93 bits per heavy atom. The van der Waals surface area contributed by atoms with Gasteiger partial charge in [0.05, 0.1) is 24.2 Å². The molecule has 0 saturated carbocycles. The number of benzene rings is 2. The van der Waals surface area contributed by atoms with Crippen molar-refractivity contribution in [3.63, 3.8) is 0 Å². The Kier molecular flexibility index (Phi) is 4.02. The van der Waals surface area contributed by atoms with Gasteiger partial charge in [-0.2, -0.15) is 0 Å². The SMILES string of the molecule is O=C(c1ccc2nc(-c3cccc4c3CCC=C4)[nH]c2c1)N1CCOCC1. The fourth-order valence-electron chi connectivity index (χ4n) is 3.92. The fourth-order valence-corrected chi connectivity index (χ4v) is 3.92. The summed E-state index contributed by atoms with van der Waals surface area (Å²) >= 11 is 0. The van der Waals surface area contributed by atoms with Gasteiger partial charge in [-0.25, -0.2) is 4.98 Å². The number of ether oxygens (including phenoxy) is 1. The standard InChI is InChI=1S/C22H21N3O2/c26-22(25-10-12-27-13-11-25)16-8-9-19-20(14-16)24-21(23-19)18-7-3-5-15-4-1-2-6-17(15)18/h1,3-5,7-9,14H,2,6,10-13H2,(H,23,24). The molecule has 1 saturated heterocycles. The Morgan fingerprint density at radius 1 is 1.15 bits per heavy atom. The van der Waals surface area contributed by atoms with E-state index in [1.54, 1.807) is 0 Å². The van der Waals surface area contributed by atoms with Crippen molar-refractivity contribution in [3.8, 4) is 11.4 Å². The number of amides is 1. The van der Waals surface area contributed by atoms with Gasteiger partial charge >= 0.3 is 0 Å². The quantitative estimate of drug-likeness (QED) is 0.760. The van der Waals surface area contributed by atoms with Crippen LogP contribution in [0, 0.1) is 0 Å². The van der Waals surface area contributed by atoms with Crippen molar-refractivity contribution >= 4 is 23.0 Å². The highest BCUT2D eigenvalue weighted by molar-refractivity contribution is 5.97. The van der Waals surface area contributed by atoms with Gasteiger partial charge in [0.25, 0.3) is 5.91 Å². The molecule has 0 atom stereocenters. The molecule has 1 fully saturated rings. The van der Waals surface area contributed by atoms with E-state index in [0.717, 1.165) is 35.3 Å². The lowest BCUT2D eigenvalue weighted by Crippen LogP contribution is -2.40. The van der Waals surface area contributed by atoms with Crippen LogP contribution in [0.2, 0.25) is 0 Å². The minimum Gasteiger partial charge on any atom is -0.378 e. The van der Waals surface area contributed by atoms with E-state index in [9.17, 15) is 4.79 Å². The van der Waals surface area contributed by atoms with E-state index in [1.807, 2.05) is 23.1 Å². The normalized spacial score (nSPS) is 16.5. The Hall–Kier alpha value is -2.92. The van der Waals surface area contributed by atoms with Gasteiger partial charge in [0.15, 0.2) is 0 Å². The van der Waals surface area contributed by atoms with Crippen molar-refractivity contribution in [3.05, 3.63) is 59.2 Å². The maximum atomic E-state index is 12.7. The van der Waals surface area contributed by atoms with Gasteiger partial charge < -0.3 is 14.6 Å². The van der Waals surface area contributed by atoms with E-state index < -0.39 is 0 Å². The summed E-state index contributed by atoms with van der Waals surface area (Å²) in [7, 11) is 0. The fraction of sp³-hybridized carbons (Fsp3) is 0.273. The molecule has 2 aromatic carbocycles. The lowest BCUT2D eigenvalue weighted by Gasteiger charge is -2.26. The van der Waals surface area contributed by atoms with Crippen molar-refractivity contribution in [2.24, 2.45) is 0 Å². The van der Waals surface area contributed by atoms with Crippen LogP contribution in [-0.2, 0) is 11.2 Å². The van der Waals surface area contributed by atoms with E-state index in [4.69, 9.17) is 9.72 Å². The summed E-state index contributed by atoms with van der Waals surface area (Å²) in [4.78, 5) is 22.8. The van der Waals surface area contributed by atoms with Crippen LogP contribution in [0.3, 0.4) is 0 Å². The number of nitrogens with one attached hydrogen (secondary N) is 1. The highest BCUT2D eigenvalue weighted by Gasteiger charge is 2.20. The first-order valence-corrected chi connectivity index (χ1v) is 9.45. The van der Waals surface area contributed by atoms with Crippen LogP contribution in [0.25, 0.3) is 28.5 Å². The Bertz CT molecular complexity index is 1040. The Balaban J connectivity index is 1.51. The topological polar surface area (TPSA) is 58.2 Å². The minimum absolute atomic E-state index is 0.0542. The molecule has 5 rings (SSSR count). The van der Waals surface area contributed by atoms with Crippen molar-refractivity contribution in [1.29, 1.82) is 0 Å². The molecule has 2 aliphatic rings. The number of rotatable bonds is 2. The van der Waals surface area contributed by atoms with Gasteiger partial charge in [-0.1, -0.05) is 30.4 Å². The molecule has 1 aromatic heterocycles. The summed E-state index contributed by atoms with van der Waals surface area (Å²) in [6, 6.07) is 12.1. The number of carbonyl (C=O) groups is 1. The van der Waals surface area contributed by atoms with E-state index in [1.165, 1.54) is 11.1 Å². The molecule has 2 heterocycles. The minimum atomic E-state index is 0.0542. The third-order valence-electron chi connectivity index (χ3n) is 5.35. The van der Waals surface area contributed by atoms with E-state index in [-0.39, 0.29) is 5.91 Å². The van der Waals surface area contributed by atoms with Crippen LogP contribution >= 0.6 is 0 Å². The number of allylic oxidation sites excluding steroid dienone is 1. The first-order chi connectivity index (χ1) is 13.3. The van der Waals surface area contributed by atoms with Crippen molar-refractivity contribution in [2.75, 3.05) is 26.3 Å². The summed E-state index contributed by atoms with van der Waals surface area (Å²) in [5.74, 6) is 0.923. The molecule has 3 aromatic rings. The summed E-state index contributed by atoms with van der Waals surface area (Å²) in [5.41, 5.74) is 6.22. The van der Waals surface area contributed by atoms with Gasteiger partial charge in [0.2, 0.25) is 0 Å². The van der Waals surface area contributed by atoms with Gasteiger partial charge in [-0.05, 0) is 42.2 Å². The predicted octanol–water partition coefficient (Wildman–Crippen LogP) is 3.66. The number of carbonyl (C=O) groups excluding carboxylic acids is 1. The third kappa shape index (κ3) is 2.94. The summed E-state index contributed by atoms with van der Waals surface area (Å²) in [6.07, 6.45) is 6.49. The predicted molar refractivity (Wildman–Crippen MR) is 106 cm³/mol. The summed E-state index contributed by atoms with van der Waals surface area (Å²) in [6.45, 7) is 2.51. The maximum absolute atomic E-state index is 12.7. The first kappa shape index (κ1) is 16.3. The molecule has 5 heteroatoms. The van der Waals surface area contributed by atoms with Crippen molar-refractivity contribution in [2.45, 2.75) is 12.8 Å². The largest absolute Gasteiger partial charge is 0.378 e. The average Bonchev–Trinajstić information content (AvgIpc) is 3.16. The number of hydrogen-bond acceptors (Lipinski definition) is 3. The third-order valence-corrected chi connectivity index (χ3v) is 5.35. The van der Waals surface area contributed by atoms with Gasteiger partial charge in [0, 0.05) is 24.2 Å². The molecule has 0 bridgehead atoms. The maximum Gasteiger partial charge on any atom is 0.254 e. The zero-order valence-corrected chi connectivity index (χ0v) is 15.1. The molecule has 136 valence electrons. The van der Waals surface area contributed by atoms with E-state index >= 15 is 0 Å². The van der Waals surface area contributed by atoms with Crippen LogP contribution in [0.4, 0.5) is 0 Å². The van der Waals surface area contributed by atoms with Crippen LogP contribution in [0.5, 0.6) is 0 Å². The van der Waals surface area contributed by atoms with Crippen molar-refractivity contribution < 1.29 is 9.53 Å². The molecule has 1 N–H and O–H groups in total. The van der Waals surface area contributed by atoms with Crippen LogP contribution < -0.4 is 0 Å². The molecule has 1 aliphatic carbocycles. The first-order valence-electron chi connectivity index (χ1n) is 9.45. The number of hydrogen-bond donors (Lipinski definition) is 1. The van der Waals surface area contributed by atoms with Crippen LogP contribution in [-0.4, -0.2) is 47.1 Å². The molecule has 0 unspecified atom stereocenters. The average molecular weight is 359 g/mol. The van der Waals surface area contributed by atoms with E-state index in [0.29, 0.717) is 31.9 Å². The second kappa shape index (κ2) is 6.67. The number of nitrogens with zero attached hydrogens (tertiary/aromatic N) is 2. The molecule has 1 aliphatic heterocycles. The number of imidazole rings is 1. The summed E-state index contributed by atoms with van der Waals surface area (Å²) < 4.78 is 5.34. The van der Waals surface area contributed by atoms with Crippen molar-refractivity contribution in [1.82, 2.24) is 14.9 Å². The van der Waals surface area contributed by atoms with Gasteiger partial charge in [-0.3, -0.25) is 4.79 Å². The number of fused-ring (bicyclic) bond motifs is 2. The molecule has 27 heavy (non-hydrogen) atoms. The van der Waals surface area contributed by atoms with Gasteiger partial charge in [-0.15, -0.1) is 0 Å². The Labute approximate surface area is 157 Å². The second-order valence-electron chi connectivity index (χ2n) is 7.04. The number of aromatic amines is 1. The van der Waals surface area contributed by atoms with E-state index in [2.05, 4.69) is 35.3 Å². The molecule has 1 amide bonds. The smallest absolute Gasteiger partial charge is 0.254 e. The van der Waals surface area contributed by atoms with Crippen LogP contribution in [0.15, 0.2) is 42.5 Å². The highest BCUT2D eigenvalue weighted by Crippen LogP contribution is 2.30. The van der Waals surface area contributed by atoms with Crippen LogP contribution in [0.1, 0.15) is 27.9 Å². The van der Waals surface area contributed by atoms with Gasteiger partial charge in [0.1, 0.15) is 5.82 Å². The number of aromatic nitrogens is 2. The zero-order valence-electron chi connectivity index (χ0n) is 15.1. The molecule has 0 radical (unpaired) electrons. The number of H-pyrrole nitrogens is 1. The summed E-state index contributed by atoms with van der Waals surface area (Å²) in [5, 5.41) is 0. The Morgan fingerprint density at radius 2 is 2.04 bits per heavy atom. The molecular weight excluding hydrogens is 338 g/mol. The lowest BCUT2D eigenvalue weighted by atomic mass is 9.92. The molecule has 5 nitrogen and oxygen atoms in total. The second-order valence-corrected chi connectivity index (χ2v) is 7.04. The molecular formula is C22H21N3O2. The zero-order chi connectivity index (χ0) is 18.2. The highest BCUT2D eigenvalue weighted by atomic mass is 16.5. The molecule has 0 spiro atoms. The lowest BCUT2D eigenvalue weighted by molar-refractivity contribution is 0.0303.